The number of carbonyl (C=O) groups excluding carboxylic acids is 1. The van der Waals surface area contributed by atoms with Crippen LogP contribution in [0.15, 0.2) is 45.5 Å². The van der Waals surface area contributed by atoms with E-state index in [2.05, 4.69) is 15.9 Å². The van der Waals surface area contributed by atoms with E-state index in [9.17, 15) is 4.79 Å². The van der Waals surface area contributed by atoms with Gasteiger partial charge in [-0.15, -0.1) is 0 Å². The van der Waals surface area contributed by atoms with Gasteiger partial charge in [0, 0.05) is 16.5 Å². The average Bonchev–Trinajstić information content (AvgIpc) is 2.77. The number of hydrogen-bond acceptors (Lipinski definition) is 2. The van der Waals surface area contributed by atoms with Crippen LogP contribution in [0.1, 0.15) is 28.6 Å². The summed E-state index contributed by atoms with van der Waals surface area (Å²) in [5, 5.41) is 0. The first-order valence-electron chi connectivity index (χ1n) is 5.09. The Labute approximate surface area is 102 Å². The highest BCUT2D eigenvalue weighted by atomic mass is 79.9. The molecule has 0 bridgehead atoms. The lowest BCUT2D eigenvalue weighted by atomic mass is 10.0. The molecule has 0 saturated carbocycles. The SMILES string of the molecule is CCc1occc1C(=O)c1ccc(Br)cc1. The van der Waals surface area contributed by atoms with E-state index in [1.165, 1.54) is 0 Å². The van der Waals surface area contributed by atoms with E-state index in [0.29, 0.717) is 11.1 Å². The van der Waals surface area contributed by atoms with Gasteiger partial charge in [0.05, 0.1) is 11.8 Å². The van der Waals surface area contributed by atoms with Gasteiger partial charge >= 0.3 is 0 Å². The predicted octanol–water partition coefficient (Wildman–Crippen LogP) is 3.84. The predicted molar refractivity (Wildman–Crippen MR) is 65.7 cm³/mol. The zero-order valence-corrected chi connectivity index (χ0v) is 10.5. The second kappa shape index (κ2) is 4.66. The molecule has 0 atom stereocenters. The van der Waals surface area contributed by atoms with Gasteiger partial charge in [0.15, 0.2) is 5.78 Å². The van der Waals surface area contributed by atoms with Gasteiger partial charge in [-0.05, 0) is 30.3 Å². The normalized spacial score (nSPS) is 10.4. The van der Waals surface area contributed by atoms with Crippen molar-refractivity contribution in [1.82, 2.24) is 0 Å². The van der Waals surface area contributed by atoms with E-state index >= 15 is 0 Å². The maximum atomic E-state index is 12.1. The molecule has 0 fully saturated rings. The van der Waals surface area contributed by atoms with Gasteiger partial charge in [-0.1, -0.05) is 22.9 Å². The number of benzene rings is 1. The van der Waals surface area contributed by atoms with Gasteiger partial charge in [0.25, 0.3) is 0 Å². The Hall–Kier alpha value is -1.35. The molecule has 2 aromatic rings. The molecule has 1 heterocycles. The summed E-state index contributed by atoms with van der Waals surface area (Å²) in [5.74, 6) is 0.756. The van der Waals surface area contributed by atoms with Gasteiger partial charge < -0.3 is 4.42 Å². The van der Waals surface area contributed by atoms with Gasteiger partial charge in [0.1, 0.15) is 5.76 Å². The van der Waals surface area contributed by atoms with E-state index in [1.807, 2.05) is 19.1 Å². The first kappa shape index (κ1) is 11.1. The third-order valence-electron chi connectivity index (χ3n) is 2.42. The van der Waals surface area contributed by atoms with Crippen LogP contribution in [-0.4, -0.2) is 5.78 Å². The summed E-state index contributed by atoms with van der Waals surface area (Å²) >= 11 is 3.34. The smallest absolute Gasteiger partial charge is 0.196 e. The highest BCUT2D eigenvalue weighted by Crippen LogP contribution is 2.18. The van der Waals surface area contributed by atoms with Crippen LogP contribution < -0.4 is 0 Å². The van der Waals surface area contributed by atoms with Crippen LogP contribution in [0.4, 0.5) is 0 Å². The lowest BCUT2D eigenvalue weighted by Gasteiger charge is -2.00. The summed E-state index contributed by atoms with van der Waals surface area (Å²) in [7, 11) is 0. The molecule has 0 N–H and O–H groups in total. The quantitative estimate of drug-likeness (QED) is 0.799. The summed E-state index contributed by atoms with van der Waals surface area (Å²) in [6, 6.07) is 9.05. The molecule has 0 unspecified atom stereocenters. The number of halogens is 1. The zero-order chi connectivity index (χ0) is 11.5. The van der Waals surface area contributed by atoms with Crippen LogP contribution in [0.25, 0.3) is 0 Å². The van der Waals surface area contributed by atoms with E-state index < -0.39 is 0 Å². The molecule has 16 heavy (non-hydrogen) atoms. The lowest BCUT2D eigenvalue weighted by molar-refractivity contribution is 0.103. The molecule has 82 valence electrons. The second-order valence-electron chi connectivity index (χ2n) is 3.45. The number of carbonyl (C=O) groups is 1. The Kier molecular flexibility index (Phi) is 3.25. The van der Waals surface area contributed by atoms with Crippen molar-refractivity contribution in [3.8, 4) is 0 Å². The van der Waals surface area contributed by atoms with Gasteiger partial charge in [-0.2, -0.15) is 0 Å². The summed E-state index contributed by atoms with van der Waals surface area (Å²) in [6.07, 6.45) is 2.29. The Morgan fingerprint density at radius 1 is 1.25 bits per heavy atom. The molecule has 0 radical (unpaired) electrons. The lowest BCUT2D eigenvalue weighted by Crippen LogP contribution is -2.02. The van der Waals surface area contributed by atoms with Gasteiger partial charge in [0.2, 0.25) is 0 Å². The monoisotopic (exact) mass is 278 g/mol. The average molecular weight is 279 g/mol. The molecule has 2 nitrogen and oxygen atoms in total. The molecule has 3 heteroatoms. The molecule has 0 aliphatic carbocycles. The molecular weight excluding hydrogens is 268 g/mol. The fourth-order valence-electron chi connectivity index (χ4n) is 1.57. The standard InChI is InChI=1S/C13H11BrO2/c1-2-12-11(7-8-16-12)13(15)9-3-5-10(14)6-4-9/h3-8H,2H2,1H3. The summed E-state index contributed by atoms with van der Waals surface area (Å²) in [4.78, 5) is 12.1. The van der Waals surface area contributed by atoms with Crippen LogP contribution in [-0.2, 0) is 6.42 Å². The third kappa shape index (κ3) is 2.09. The highest BCUT2D eigenvalue weighted by Gasteiger charge is 2.14. The summed E-state index contributed by atoms with van der Waals surface area (Å²) in [5.41, 5.74) is 1.34. The van der Waals surface area contributed by atoms with E-state index in [-0.39, 0.29) is 5.78 Å². The Bertz CT molecular complexity index is 497. The largest absolute Gasteiger partial charge is 0.469 e. The molecule has 2 rings (SSSR count). The first-order valence-corrected chi connectivity index (χ1v) is 5.88. The number of aryl methyl sites for hydroxylation is 1. The van der Waals surface area contributed by atoms with Crippen molar-refractivity contribution in [1.29, 1.82) is 0 Å². The molecule has 0 aliphatic rings. The minimum Gasteiger partial charge on any atom is -0.469 e. The summed E-state index contributed by atoms with van der Waals surface area (Å²) < 4.78 is 6.21. The maximum absolute atomic E-state index is 12.1. The second-order valence-corrected chi connectivity index (χ2v) is 4.36. The molecule has 1 aromatic carbocycles. The number of hydrogen-bond donors (Lipinski definition) is 0. The van der Waals surface area contributed by atoms with Crippen molar-refractivity contribution in [2.24, 2.45) is 0 Å². The maximum Gasteiger partial charge on any atom is 0.196 e. The third-order valence-corrected chi connectivity index (χ3v) is 2.95. The Balaban J connectivity index is 2.35. The number of rotatable bonds is 3. The van der Waals surface area contributed by atoms with Crippen LogP contribution in [0.3, 0.4) is 0 Å². The van der Waals surface area contributed by atoms with Crippen LogP contribution in [0.2, 0.25) is 0 Å². The fourth-order valence-corrected chi connectivity index (χ4v) is 1.84. The van der Waals surface area contributed by atoms with Crippen molar-refractivity contribution in [3.05, 3.63) is 58.0 Å². The molecular formula is C13H11BrO2. The van der Waals surface area contributed by atoms with Crippen LogP contribution in [0.5, 0.6) is 0 Å². The van der Waals surface area contributed by atoms with E-state index in [1.54, 1.807) is 24.5 Å². The Morgan fingerprint density at radius 3 is 2.56 bits per heavy atom. The van der Waals surface area contributed by atoms with Crippen molar-refractivity contribution in [2.75, 3.05) is 0 Å². The van der Waals surface area contributed by atoms with E-state index in [0.717, 1.165) is 16.7 Å². The molecule has 0 aliphatic heterocycles. The summed E-state index contributed by atoms with van der Waals surface area (Å²) in [6.45, 7) is 1.97. The van der Waals surface area contributed by atoms with Gasteiger partial charge in [-0.25, -0.2) is 0 Å². The molecule has 1 aromatic heterocycles. The topological polar surface area (TPSA) is 30.2 Å². The molecule has 0 spiro atoms. The van der Waals surface area contributed by atoms with Crippen molar-refractivity contribution in [3.63, 3.8) is 0 Å². The van der Waals surface area contributed by atoms with Gasteiger partial charge in [-0.3, -0.25) is 4.79 Å². The minimum atomic E-state index is 0.0121. The van der Waals surface area contributed by atoms with Crippen molar-refractivity contribution < 1.29 is 9.21 Å². The van der Waals surface area contributed by atoms with Crippen LogP contribution in [0, 0.1) is 0 Å². The fraction of sp³-hybridized carbons (Fsp3) is 0.154. The molecule has 0 saturated heterocycles. The Morgan fingerprint density at radius 2 is 1.94 bits per heavy atom. The molecule has 0 amide bonds. The minimum absolute atomic E-state index is 0.0121. The van der Waals surface area contributed by atoms with Crippen molar-refractivity contribution >= 4 is 21.7 Å². The number of ketones is 1. The first-order chi connectivity index (χ1) is 7.72. The number of furan rings is 1. The highest BCUT2D eigenvalue weighted by molar-refractivity contribution is 9.10. The van der Waals surface area contributed by atoms with E-state index in [4.69, 9.17) is 4.42 Å². The van der Waals surface area contributed by atoms with Crippen molar-refractivity contribution in [2.45, 2.75) is 13.3 Å². The van der Waals surface area contributed by atoms with Crippen LogP contribution >= 0.6 is 15.9 Å². The zero-order valence-electron chi connectivity index (χ0n) is 8.87.